The van der Waals surface area contributed by atoms with Crippen molar-refractivity contribution < 1.29 is 0 Å². The molecule has 6 N–H and O–H groups in total. The fourth-order valence-corrected chi connectivity index (χ4v) is 6.01. The van der Waals surface area contributed by atoms with Crippen LogP contribution in [0.3, 0.4) is 0 Å². The van der Waals surface area contributed by atoms with Gasteiger partial charge in [0.15, 0.2) is 0 Å². The van der Waals surface area contributed by atoms with Gasteiger partial charge in [-0.1, -0.05) is 12.1 Å². The summed E-state index contributed by atoms with van der Waals surface area (Å²) in [5, 5.41) is 37.8. The van der Waals surface area contributed by atoms with E-state index in [2.05, 4.69) is 106 Å². The van der Waals surface area contributed by atoms with Gasteiger partial charge in [0.2, 0.25) is 35.7 Å². The molecule has 0 radical (unpaired) electrons. The molecular weight excluding hydrogens is 800 g/mol. The van der Waals surface area contributed by atoms with Gasteiger partial charge in [-0.15, -0.1) is 0 Å². The van der Waals surface area contributed by atoms with E-state index in [0.717, 1.165) is 42.8 Å². The Kier molecular flexibility index (Phi) is 11.8. The number of rotatable bonds is 14. The van der Waals surface area contributed by atoms with Crippen molar-refractivity contribution in [3.05, 3.63) is 116 Å². The summed E-state index contributed by atoms with van der Waals surface area (Å²) < 4.78 is 1.75. The molecule has 0 spiro atoms. The second-order valence-corrected chi connectivity index (χ2v) is 13.4. The molecule has 0 saturated carbocycles. The van der Waals surface area contributed by atoms with Crippen LogP contribution in [0.25, 0.3) is 0 Å². The molecule has 0 saturated heterocycles. The second-order valence-electron chi connectivity index (χ2n) is 11.7. The maximum atomic E-state index is 9.17. The summed E-state index contributed by atoms with van der Waals surface area (Å²) in [6.45, 7) is 5.07. The van der Waals surface area contributed by atoms with E-state index in [9.17, 15) is 0 Å². The molecule has 0 aliphatic rings. The highest BCUT2D eigenvalue weighted by atomic mass is 79.9. The van der Waals surface area contributed by atoms with E-state index in [0.29, 0.717) is 66.3 Å². The van der Waals surface area contributed by atoms with E-state index in [4.69, 9.17) is 10.5 Å². The first-order valence-corrected chi connectivity index (χ1v) is 17.9. The van der Waals surface area contributed by atoms with Gasteiger partial charge in [0.25, 0.3) is 0 Å². The smallest absolute Gasteiger partial charge is 0.233 e. The van der Waals surface area contributed by atoms with Crippen LogP contribution in [0.4, 0.5) is 58.4 Å². The van der Waals surface area contributed by atoms with Gasteiger partial charge in [-0.2, -0.15) is 40.4 Å². The maximum Gasteiger partial charge on any atom is 0.233 e. The van der Waals surface area contributed by atoms with Gasteiger partial charge in [-0.25, -0.2) is 0 Å². The van der Waals surface area contributed by atoms with Gasteiger partial charge in [-0.05, 0) is 136 Å². The third kappa shape index (κ3) is 10.4. The van der Waals surface area contributed by atoms with Crippen LogP contribution in [0.2, 0.25) is 0 Å². The van der Waals surface area contributed by atoms with Crippen molar-refractivity contribution in [1.82, 2.24) is 29.9 Å². The van der Waals surface area contributed by atoms with Crippen molar-refractivity contribution >= 4 is 90.3 Å². The van der Waals surface area contributed by atoms with E-state index in [1.165, 1.54) is 0 Å². The minimum atomic E-state index is 0.323. The molecule has 4 aromatic carbocycles. The molecule has 264 valence electrons. The van der Waals surface area contributed by atoms with Crippen LogP contribution in [0.5, 0.6) is 0 Å². The number of anilines is 10. The lowest BCUT2D eigenvalue weighted by Gasteiger charge is -2.13. The normalized spacial score (nSPS) is 10.5. The summed E-state index contributed by atoms with van der Waals surface area (Å²) in [5.41, 5.74) is 6.38. The maximum absolute atomic E-state index is 9.17. The molecule has 0 aliphatic heterocycles. The van der Waals surface area contributed by atoms with E-state index >= 15 is 0 Å². The summed E-state index contributed by atoms with van der Waals surface area (Å²) in [5.74, 6) is 2.06. The summed E-state index contributed by atoms with van der Waals surface area (Å²) >= 11 is 7.21. The summed E-state index contributed by atoms with van der Waals surface area (Å²) in [6, 6.07) is 30.2. The first-order valence-electron chi connectivity index (χ1n) is 16.3. The van der Waals surface area contributed by atoms with Crippen LogP contribution in [-0.4, -0.2) is 43.0 Å². The summed E-state index contributed by atoms with van der Waals surface area (Å²) in [6.07, 6.45) is 0.659. The number of hydrogen-bond donors (Lipinski definition) is 6. The number of aryl methyl sites for hydroxylation is 2. The molecule has 14 nitrogen and oxygen atoms in total. The first-order chi connectivity index (χ1) is 25.7. The van der Waals surface area contributed by atoms with Crippen molar-refractivity contribution in [2.24, 2.45) is 0 Å². The lowest BCUT2D eigenvalue weighted by Crippen LogP contribution is -2.15. The number of hydrogen-bond acceptors (Lipinski definition) is 14. The van der Waals surface area contributed by atoms with Crippen LogP contribution in [0.15, 0.2) is 93.9 Å². The molecule has 2 heterocycles. The fourth-order valence-electron chi connectivity index (χ4n) is 4.82. The molecule has 0 unspecified atom stereocenters. The number of benzene rings is 4. The first kappa shape index (κ1) is 36.4. The molecule has 16 heteroatoms. The summed E-state index contributed by atoms with van der Waals surface area (Å²) in [7, 11) is 0. The number of aromatic nitrogens is 6. The largest absolute Gasteiger partial charge is 0.354 e. The highest BCUT2D eigenvalue weighted by Crippen LogP contribution is 2.28. The number of halogens is 2. The lowest BCUT2D eigenvalue weighted by atomic mass is 10.2. The topological polar surface area (TPSA) is 197 Å². The van der Waals surface area contributed by atoms with Gasteiger partial charge in [0.05, 0.1) is 34.6 Å². The number of nitrogens with one attached hydrogen (secondary N) is 6. The minimum absolute atomic E-state index is 0.323. The van der Waals surface area contributed by atoms with Crippen LogP contribution in [0, 0.1) is 36.5 Å². The quantitative estimate of drug-likeness (QED) is 0.0569. The third-order valence-corrected chi connectivity index (χ3v) is 8.79. The van der Waals surface area contributed by atoms with Crippen LogP contribution >= 0.6 is 31.9 Å². The third-order valence-electron chi connectivity index (χ3n) is 7.47. The number of nitriles is 2. The zero-order valence-corrected chi connectivity index (χ0v) is 31.7. The fraction of sp³-hybridized carbons (Fsp3) is 0.135. The minimum Gasteiger partial charge on any atom is -0.354 e. The Labute approximate surface area is 322 Å². The molecule has 0 aliphatic carbocycles. The van der Waals surface area contributed by atoms with Crippen molar-refractivity contribution in [1.29, 1.82) is 10.5 Å². The van der Waals surface area contributed by atoms with Crippen LogP contribution in [0.1, 0.15) is 28.7 Å². The Balaban J connectivity index is 1.14. The molecule has 2 aromatic heterocycles. The van der Waals surface area contributed by atoms with Gasteiger partial charge in [0.1, 0.15) is 0 Å². The molecule has 0 fully saturated rings. The van der Waals surface area contributed by atoms with E-state index < -0.39 is 0 Å². The van der Waals surface area contributed by atoms with Crippen molar-refractivity contribution in [3.63, 3.8) is 0 Å². The van der Waals surface area contributed by atoms with Crippen molar-refractivity contribution in [2.45, 2.75) is 20.3 Å². The average Bonchev–Trinajstić information content (AvgIpc) is 3.14. The molecule has 0 atom stereocenters. The van der Waals surface area contributed by atoms with Crippen LogP contribution < -0.4 is 31.9 Å². The SMILES string of the molecule is Cc1ccc(Nc2nc(NCCCNc3nc(Nc4ccc(C#N)cc4)nc(Nc4ccc(C)cc4Br)n3)nc(Nc3ccc(C#N)cc3)n2)c(Br)c1. The predicted octanol–water partition coefficient (Wildman–Crippen LogP) is 8.83. The van der Waals surface area contributed by atoms with E-state index in [-0.39, 0.29) is 0 Å². The van der Waals surface area contributed by atoms with Crippen molar-refractivity contribution in [3.8, 4) is 12.1 Å². The molecule has 0 bridgehead atoms. The Morgan fingerprint density at radius 3 is 1.21 bits per heavy atom. The molecular formula is C37H32Br2N14. The standard InChI is InChI=1S/C37H32Br2N14/c1-22-4-14-30(28(38)18-22)46-36-50-32(48-34(52-36)44-26-10-6-24(20-40)7-11-26)42-16-3-17-43-33-49-35(45-27-12-8-25(21-41)9-13-27)53-37(51-33)47-31-15-5-23(2)19-29(31)39/h4-15,18-19H,3,16-17H2,1-2H3,(H3,42,44,46,48,50,52)(H3,43,45,47,49,51,53). The summed E-state index contributed by atoms with van der Waals surface area (Å²) in [4.78, 5) is 27.5. The Morgan fingerprint density at radius 1 is 0.491 bits per heavy atom. The predicted molar refractivity (Wildman–Crippen MR) is 214 cm³/mol. The second kappa shape index (κ2) is 17.2. The molecule has 6 aromatic rings. The van der Waals surface area contributed by atoms with Crippen LogP contribution in [-0.2, 0) is 0 Å². The lowest BCUT2D eigenvalue weighted by molar-refractivity contribution is 0.877. The van der Waals surface area contributed by atoms with Gasteiger partial charge in [0, 0.05) is 33.4 Å². The highest BCUT2D eigenvalue weighted by molar-refractivity contribution is 9.11. The Bertz CT molecular complexity index is 2140. The Morgan fingerprint density at radius 2 is 0.849 bits per heavy atom. The monoisotopic (exact) mass is 830 g/mol. The average molecular weight is 833 g/mol. The van der Waals surface area contributed by atoms with Gasteiger partial charge < -0.3 is 31.9 Å². The zero-order chi connectivity index (χ0) is 37.2. The Hall–Kier alpha value is -6.36. The van der Waals surface area contributed by atoms with Gasteiger partial charge >= 0.3 is 0 Å². The zero-order valence-electron chi connectivity index (χ0n) is 28.5. The number of nitrogens with zero attached hydrogens (tertiary/aromatic N) is 8. The molecule has 53 heavy (non-hydrogen) atoms. The molecule has 6 rings (SSSR count). The van der Waals surface area contributed by atoms with Crippen molar-refractivity contribution in [2.75, 3.05) is 45.0 Å². The van der Waals surface area contributed by atoms with Gasteiger partial charge in [-0.3, -0.25) is 0 Å². The molecule has 0 amide bonds. The van der Waals surface area contributed by atoms with E-state index in [1.54, 1.807) is 48.5 Å². The van der Waals surface area contributed by atoms with E-state index in [1.807, 2.05) is 50.2 Å². The highest BCUT2D eigenvalue weighted by Gasteiger charge is 2.12.